The van der Waals surface area contributed by atoms with Crippen molar-refractivity contribution >= 4 is 19.8 Å². The Balaban J connectivity index is 4.48. The molecule has 59 heavy (non-hydrogen) atoms. The first-order chi connectivity index (χ1) is 28.7. The number of esters is 2. The lowest BCUT2D eigenvalue weighted by atomic mass is 10.1. The Morgan fingerprint density at radius 2 is 1.00 bits per heavy atom. The molecule has 334 valence electrons. The quantitative estimate of drug-likeness (QED) is 0.0280. The minimum Gasteiger partial charge on any atom is -0.462 e. The summed E-state index contributed by atoms with van der Waals surface area (Å²) in [5, 5.41) is 0. The summed E-state index contributed by atoms with van der Waals surface area (Å²) in [6, 6.07) is 0. The molecule has 0 spiro atoms. The van der Waals surface area contributed by atoms with Gasteiger partial charge in [0.2, 0.25) is 0 Å². The van der Waals surface area contributed by atoms with E-state index in [1.165, 1.54) is 25.7 Å². The van der Waals surface area contributed by atoms with Crippen LogP contribution in [0, 0.1) is 0 Å². The highest BCUT2D eigenvalue weighted by molar-refractivity contribution is 7.47. The lowest BCUT2D eigenvalue weighted by Gasteiger charge is -2.20. The van der Waals surface area contributed by atoms with Gasteiger partial charge in [-0.05, 0) is 104 Å². The largest absolute Gasteiger partial charge is 0.472 e. The second-order valence-corrected chi connectivity index (χ2v) is 15.9. The van der Waals surface area contributed by atoms with Crippen molar-refractivity contribution in [1.29, 1.82) is 0 Å². The first kappa shape index (κ1) is 55.7. The van der Waals surface area contributed by atoms with Gasteiger partial charge in [-0.25, -0.2) is 4.57 Å². The maximum Gasteiger partial charge on any atom is 0.472 e. The van der Waals surface area contributed by atoms with E-state index >= 15 is 0 Å². The van der Waals surface area contributed by atoms with E-state index in [0.717, 1.165) is 77.0 Å². The smallest absolute Gasteiger partial charge is 0.462 e. The summed E-state index contributed by atoms with van der Waals surface area (Å²) in [4.78, 5) is 37.0. The third kappa shape index (κ3) is 44.1. The van der Waals surface area contributed by atoms with Crippen LogP contribution in [0.1, 0.15) is 142 Å². The van der Waals surface area contributed by atoms with Crippen LogP contribution in [0.5, 0.6) is 0 Å². The van der Waals surface area contributed by atoms with Crippen molar-refractivity contribution in [2.75, 3.05) is 40.5 Å². The van der Waals surface area contributed by atoms with E-state index in [2.05, 4.69) is 111 Å². The first-order valence-corrected chi connectivity index (χ1v) is 23.7. The van der Waals surface area contributed by atoms with Crippen LogP contribution in [0.2, 0.25) is 0 Å². The topological polar surface area (TPSA) is 112 Å². The Hall–Kier alpha value is -3.33. The molecule has 0 aromatic heterocycles. The van der Waals surface area contributed by atoms with Gasteiger partial charge in [-0.2, -0.15) is 0 Å². The van der Waals surface area contributed by atoms with Crippen LogP contribution in [-0.4, -0.2) is 68.3 Å². The van der Waals surface area contributed by atoms with E-state index in [-0.39, 0.29) is 26.1 Å². The molecule has 0 radical (unpaired) electrons. The highest BCUT2D eigenvalue weighted by Gasteiger charge is 2.26. The molecule has 10 heteroatoms. The molecule has 9 nitrogen and oxygen atoms in total. The van der Waals surface area contributed by atoms with E-state index in [1.807, 2.05) is 26.2 Å². The van der Waals surface area contributed by atoms with Crippen molar-refractivity contribution in [1.82, 2.24) is 4.90 Å². The highest BCUT2D eigenvalue weighted by atomic mass is 31.2. The molecule has 0 heterocycles. The van der Waals surface area contributed by atoms with Crippen molar-refractivity contribution in [3.63, 3.8) is 0 Å². The number of rotatable bonds is 39. The molecule has 0 bridgehead atoms. The van der Waals surface area contributed by atoms with Crippen LogP contribution in [0.4, 0.5) is 0 Å². The number of carbonyl (C=O) groups excluding carboxylic acids is 2. The molecule has 0 aliphatic carbocycles. The Bertz CT molecular complexity index is 1340. The van der Waals surface area contributed by atoms with Gasteiger partial charge in [-0.3, -0.25) is 18.6 Å². The monoisotopic (exact) mass is 842 g/mol. The molecule has 0 fully saturated rings. The fourth-order valence-electron chi connectivity index (χ4n) is 5.19. The van der Waals surface area contributed by atoms with Gasteiger partial charge in [0.1, 0.15) is 6.61 Å². The van der Waals surface area contributed by atoms with Crippen molar-refractivity contribution < 1.29 is 37.6 Å². The number of ether oxygens (including phenoxy) is 2. The Kier molecular flexibility index (Phi) is 40.4. The number of phosphoric ester groups is 1. The number of nitrogens with zero attached hydrogens (tertiary/aromatic N) is 1. The van der Waals surface area contributed by atoms with Crippen LogP contribution >= 0.6 is 7.82 Å². The third-order valence-electron chi connectivity index (χ3n) is 8.58. The van der Waals surface area contributed by atoms with Gasteiger partial charge in [0.15, 0.2) is 6.10 Å². The summed E-state index contributed by atoms with van der Waals surface area (Å²) in [7, 11) is -0.777. The molecule has 0 aromatic rings. The van der Waals surface area contributed by atoms with Crippen LogP contribution in [0.25, 0.3) is 0 Å². The molecule has 0 saturated carbocycles. The maximum absolute atomic E-state index is 12.6. The Morgan fingerprint density at radius 3 is 1.49 bits per heavy atom. The van der Waals surface area contributed by atoms with Crippen molar-refractivity contribution in [3.8, 4) is 0 Å². The minimum atomic E-state index is -4.40. The van der Waals surface area contributed by atoms with Crippen LogP contribution in [-0.2, 0) is 32.7 Å². The number of phosphoric acid groups is 1. The molecule has 0 rings (SSSR count). The summed E-state index contributed by atoms with van der Waals surface area (Å²) >= 11 is 0. The number of unbranched alkanes of at least 4 members (excludes halogenated alkanes) is 7. The zero-order valence-electron chi connectivity index (χ0n) is 37.1. The van der Waals surface area contributed by atoms with E-state index in [9.17, 15) is 19.0 Å². The molecular formula is C49H80NO8P. The van der Waals surface area contributed by atoms with Gasteiger partial charge in [0.05, 0.1) is 13.2 Å². The van der Waals surface area contributed by atoms with Crippen LogP contribution in [0.3, 0.4) is 0 Å². The van der Waals surface area contributed by atoms with E-state index in [1.54, 1.807) is 4.90 Å². The molecule has 0 aromatic carbocycles. The average Bonchev–Trinajstić information content (AvgIpc) is 3.20. The molecule has 2 atom stereocenters. The van der Waals surface area contributed by atoms with Gasteiger partial charge >= 0.3 is 19.8 Å². The average molecular weight is 842 g/mol. The summed E-state index contributed by atoms with van der Waals surface area (Å²) in [5.41, 5.74) is 0. The predicted octanol–water partition coefficient (Wildman–Crippen LogP) is 13.0. The van der Waals surface area contributed by atoms with Gasteiger partial charge in [-0.1, -0.05) is 149 Å². The van der Waals surface area contributed by atoms with Crippen molar-refractivity contribution in [2.24, 2.45) is 0 Å². The summed E-state index contributed by atoms with van der Waals surface area (Å²) in [6.07, 6.45) is 55.8. The third-order valence-corrected chi connectivity index (χ3v) is 9.56. The zero-order valence-corrected chi connectivity index (χ0v) is 38.0. The molecular weight excluding hydrogens is 762 g/mol. The number of hydrogen-bond donors (Lipinski definition) is 1. The second-order valence-electron chi connectivity index (χ2n) is 14.5. The molecule has 2 unspecified atom stereocenters. The van der Waals surface area contributed by atoms with Crippen LogP contribution < -0.4 is 0 Å². The van der Waals surface area contributed by atoms with Crippen molar-refractivity contribution in [2.45, 2.75) is 148 Å². The standard InChI is InChI=1S/C49H80NO8P/c1-5-7-9-11-13-15-17-19-21-23-24-26-28-30-32-34-36-38-40-42-49(52)58-47(46-57-59(53,54)56-44-43-50(3)4)45-55-48(51)41-39-37-35-33-31-29-27-25-22-20-18-16-14-12-10-8-6-2/h8,10,13-16,19-22,24,26-27,29-30,32,36,38,47H,5-7,9,11-12,17-18,23,25,28,31,33-35,37,39-46H2,1-4H3,(H,53,54)/b10-8-,15-13-,16-14-,21-19-,22-20-,26-24-,29-27-,32-30-,38-36-. The normalized spacial score (nSPS) is 14.4. The second kappa shape index (κ2) is 42.8. The number of carbonyl (C=O) groups is 2. The molecule has 1 N–H and O–H groups in total. The summed E-state index contributed by atoms with van der Waals surface area (Å²) < 4.78 is 33.4. The van der Waals surface area contributed by atoms with Gasteiger partial charge in [-0.15, -0.1) is 0 Å². The zero-order chi connectivity index (χ0) is 43.3. The lowest BCUT2D eigenvalue weighted by Crippen LogP contribution is -2.29. The number of likely N-dealkylation sites (N-methyl/N-ethyl adjacent to an activating group) is 1. The first-order valence-electron chi connectivity index (χ1n) is 22.2. The maximum atomic E-state index is 12.6. The molecule has 0 aliphatic heterocycles. The van der Waals surface area contributed by atoms with Crippen molar-refractivity contribution in [3.05, 3.63) is 109 Å². The minimum absolute atomic E-state index is 0.0168. The SMILES string of the molecule is CC/C=C\C/C=C\C/C=C\C/C=C\CCCCCCC(=O)OCC(COP(=O)(O)OCCN(C)C)OC(=O)CC/C=C\C/C=C\C/C=C\C/C=C\C/C=C\CCCCC. The van der Waals surface area contributed by atoms with Gasteiger partial charge in [0, 0.05) is 19.4 Å². The highest BCUT2D eigenvalue weighted by Crippen LogP contribution is 2.43. The molecule has 0 amide bonds. The van der Waals surface area contributed by atoms with Gasteiger partial charge in [0.25, 0.3) is 0 Å². The van der Waals surface area contributed by atoms with E-state index in [4.69, 9.17) is 18.5 Å². The Morgan fingerprint density at radius 1 is 0.542 bits per heavy atom. The van der Waals surface area contributed by atoms with Crippen LogP contribution in [0.15, 0.2) is 109 Å². The fourth-order valence-corrected chi connectivity index (χ4v) is 5.93. The van der Waals surface area contributed by atoms with E-state index in [0.29, 0.717) is 19.4 Å². The van der Waals surface area contributed by atoms with Gasteiger partial charge < -0.3 is 19.3 Å². The summed E-state index contributed by atoms with van der Waals surface area (Å²) in [6.45, 7) is 4.04. The predicted molar refractivity (Wildman–Crippen MR) is 247 cm³/mol. The Labute approximate surface area is 359 Å². The van der Waals surface area contributed by atoms with E-state index < -0.39 is 32.5 Å². The summed E-state index contributed by atoms with van der Waals surface area (Å²) in [5.74, 6) is -0.939. The number of allylic oxidation sites excluding steroid dienone is 18. The fraction of sp³-hybridized carbons (Fsp3) is 0.592. The lowest BCUT2D eigenvalue weighted by molar-refractivity contribution is -0.161. The molecule has 0 aliphatic rings. The molecule has 0 saturated heterocycles. The number of hydrogen-bond acceptors (Lipinski definition) is 8.